The van der Waals surface area contributed by atoms with Gasteiger partial charge in [0.05, 0.1) is 4.90 Å². The van der Waals surface area contributed by atoms with Crippen molar-refractivity contribution in [2.75, 3.05) is 32.7 Å². The van der Waals surface area contributed by atoms with Crippen molar-refractivity contribution in [2.45, 2.75) is 37.1 Å². The highest BCUT2D eigenvalue weighted by molar-refractivity contribution is 7.89. The fourth-order valence-corrected chi connectivity index (χ4v) is 5.72. The van der Waals surface area contributed by atoms with Gasteiger partial charge in [-0.1, -0.05) is 24.3 Å². The first kappa shape index (κ1) is 21.0. The van der Waals surface area contributed by atoms with E-state index in [0.29, 0.717) is 25.2 Å². The Morgan fingerprint density at radius 2 is 1.63 bits per heavy atom. The van der Waals surface area contributed by atoms with Gasteiger partial charge in [-0.05, 0) is 61.1 Å². The molecule has 0 aromatic heterocycles. The van der Waals surface area contributed by atoms with Gasteiger partial charge < -0.3 is 5.32 Å². The van der Waals surface area contributed by atoms with Crippen molar-refractivity contribution in [3.05, 3.63) is 65.2 Å². The second-order valence-corrected chi connectivity index (χ2v) is 9.98. The first-order chi connectivity index (χ1) is 14.5. The summed E-state index contributed by atoms with van der Waals surface area (Å²) in [5.74, 6) is -0.163. The molecule has 7 heteroatoms. The van der Waals surface area contributed by atoms with Gasteiger partial charge in [0.1, 0.15) is 0 Å². The fourth-order valence-electron chi connectivity index (χ4n) is 4.21. The van der Waals surface area contributed by atoms with Crippen molar-refractivity contribution in [2.24, 2.45) is 0 Å². The monoisotopic (exact) mass is 427 g/mol. The first-order valence-corrected chi connectivity index (χ1v) is 12.2. The number of carbonyl (C=O) groups is 1. The van der Waals surface area contributed by atoms with Gasteiger partial charge in [-0.3, -0.25) is 9.69 Å². The molecule has 1 saturated heterocycles. The zero-order chi connectivity index (χ0) is 21.0. The molecule has 2 heterocycles. The Hall–Kier alpha value is -2.22. The summed E-state index contributed by atoms with van der Waals surface area (Å²) < 4.78 is 26.7. The number of sulfonamides is 1. The summed E-state index contributed by atoms with van der Waals surface area (Å²) in [5, 5.41) is 2.95. The van der Waals surface area contributed by atoms with Crippen LogP contribution in [0.5, 0.6) is 0 Å². The average molecular weight is 428 g/mol. The van der Waals surface area contributed by atoms with E-state index in [1.165, 1.54) is 27.6 Å². The van der Waals surface area contributed by atoms with E-state index in [1.54, 1.807) is 12.1 Å². The maximum atomic E-state index is 12.6. The second-order valence-electron chi connectivity index (χ2n) is 8.04. The molecule has 0 radical (unpaired) electrons. The zero-order valence-electron chi connectivity index (χ0n) is 17.2. The summed E-state index contributed by atoms with van der Waals surface area (Å²) in [4.78, 5) is 15.1. The van der Waals surface area contributed by atoms with Gasteiger partial charge in [0.25, 0.3) is 5.91 Å². The number of hydrogen-bond acceptors (Lipinski definition) is 4. The van der Waals surface area contributed by atoms with Gasteiger partial charge in [0.2, 0.25) is 10.0 Å². The average Bonchev–Trinajstić information content (AvgIpc) is 3.32. The number of amides is 1. The van der Waals surface area contributed by atoms with Gasteiger partial charge in [-0.25, -0.2) is 8.42 Å². The molecule has 1 amide bonds. The Bertz CT molecular complexity index is 983. The molecule has 160 valence electrons. The molecule has 1 N–H and O–H groups in total. The number of rotatable bonds is 7. The molecular weight excluding hydrogens is 398 g/mol. The predicted octanol–water partition coefficient (Wildman–Crippen LogP) is 2.65. The molecular formula is C23H29N3O3S. The Kier molecular flexibility index (Phi) is 6.51. The van der Waals surface area contributed by atoms with Crippen LogP contribution in [0.3, 0.4) is 0 Å². The molecule has 0 spiro atoms. The number of fused-ring (bicyclic) bond motifs is 1. The maximum absolute atomic E-state index is 12.6. The molecule has 6 nitrogen and oxygen atoms in total. The van der Waals surface area contributed by atoms with Crippen molar-refractivity contribution in [3.63, 3.8) is 0 Å². The quantitative estimate of drug-likeness (QED) is 0.690. The molecule has 0 bridgehead atoms. The number of carbonyl (C=O) groups excluding carboxylic acids is 1. The highest BCUT2D eigenvalue weighted by Gasteiger charge is 2.27. The summed E-state index contributed by atoms with van der Waals surface area (Å²) in [7, 11) is -3.44. The van der Waals surface area contributed by atoms with Gasteiger partial charge in [-0.2, -0.15) is 4.31 Å². The first-order valence-electron chi connectivity index (χ1n) is 10.7. The Morgan fingerprint density at radius 1 is 0.933 bits per heavy atom. The molecule has 2 aromatic rings. The van der Waals surface area contributed by atoms with Crippen molar-refractivity contribution in [3.8, 4) is 0 Å². The van der Waals surface area contributed by atoms with E-state index in [0.717, 1.165) is 45.3 Å². The molecule has 30 heavy (non-hydrogen) atoms. The SMILES string of the molecule is O=C(NCCCN1CCc2ccccc2C1)c1ccc(S(=O)(=O)N2CCCC2)cc1. The molecule has 2 aliphatic rings. The third-order valence-electron chi connectivity index (χ3n) is 5.97. The zero-order valence-corrected chi connectivity index (χ0v) is 18.0. The predicted molar refractivity (Wildman–Crippen MR) is 117 cm³/mol. The van der Waals surface area contributed by atoms with Gasteiger partial charge in [0.15, 0.2) is 0 Å². The van der Waals surface area contributed by atoms with Crippen molar-refractivity contribution >= 4 is 15.9 Å². The van der Waals surface area contributed by atoms with Crippen LogP contribution in [0.2, 0.25) is 0 Å². The van der Waals surface area contributed by atoms with Crippen LogP contribution in [0.1, 0.15) is 40.7 Å². The summed E-state index contributed by atoms with van der Waals surface area (Å²) in [6.07, 6.45) is 3.78. The standard InChI is InChI=1S/C23H29N3O3S/c27-23(20-8-10-22(11-9-20)30(28,29)26-15-3-4-16-26)24-13-5-14-25-17-12-19-6-1-2-7-21(19)18-25/h1-2,6-11H,3-5,12-18H2,(H,24,27). The fraction of sp³-hybridized carbons (Fsp3) is 0.435. The molecule has 2 aromatic carbocycles. The maximum Gasteiger partial charge on any atom is 0.251 e. The van der Waals surface area contributed by atoms with Crippen LogP contribution in [-0.2, 0) is 23.0 Å². The largest absolute Gasteiger partial charge is 0.352 e. The summed E-state index contributed by atoms with van der Waals surface area (Å²) in [6, 6.07) is 14.8. The Morgan fingerprint density at radius 3 is 2.37 bits per heavy atom. The third-order valence-corrected chi connectivity index (χ3v) is 7.88. The highest BCUT2D eigenvalue weighted by atomic mass is 32.2. The third kappa shape index (κ3) is 4.74. The molecule has 4 rings (SSSR count). The molecule has 0 saturated carbocycles. The van der Waals surface area contributed by atoms with Gasteiger partial charge in [-0.15, -0.1) is 0 Å². The van der Waals surface area contributed by atoms with Crippen molar-refractivity contribution in [1.29, 1.82) is 0 Å². The van der Waals surface area contributed by atoms with Crippen LogP contribution in [0.15, 0.2) is 53.4 Å². The Labute approximate surface area is 178 Å². The topological polar surface area (TPSA) is 69.7 Å². The van der Waals surface area contributed by atoms with E-state index >= 15 is 0 Å². The molecule has 2 aliphatic heterocycles. The highest BCUT2D eigenvalue weighted by Crippen LogP contribution is 2.21. The van der Waals surface area contributed by atoms with E-state index in [4.69, 9.17) is 0 Å². The second kappa shape index (κ2) is 9.29. The minimum atomic E-state index is -3.44. The molecule has 1 fully saturated rings. The van der Waals surface area contributed by atoms with Crippen LogP contribution in [0.25, 0.3) is 0 Å². The van der Waals surface area contributed by atoms with Crippen LogP contribution in [0, 0.1) is 0 Å². The van der Waals surface area contributed by atoms with Crippen LogP contribution in [-0.4, -0.2) is 56.3 Å². The molecule has 0 unspecified atom stereocenters. The molecule has 0 atom stereocenters. The number of nitrogens with zero attached hydrogens (tertiary/aromatic N) is 2. The smallest absolute Gasteiger partial charge is 0.251 e. The lowest BCUT2D eigenvalue weighted by Gasteiger charge is -2.28. The Balaban J connectivity index is 1.24. The van der Waals surface area contributed by atoms with E-state index in [1.807, 2.05) is 0 Å². The summed E-state index contributed by atoms with van der Waals surface area (Å²) in [5.41, 5.74) is 3.33. The van der Waals surface area contributed by atoms with Crippen LogP contribution in [0.4, 0.5) is 0 Å². The van der Waals surface area contributed by atoms with Gasteiger partial charge >= 0.3 is 0 Å². The number of hydrogen-bond donors (Lipinski definition) is 1. The number of nitrogens with one attached hydrogen (secondary N) is 1. The summed E-state index contributed by atoms with van der Waals surface area (Å²) >= 11 is 0. The van der Waals surface area contributed by atoms with E-state index in [2.05, 4.69) is 34.5 Å². The molecule has 0 aliphatic carbocycles. The minimum Gasteiger partial charge on any atom is -0.352 e. The minimum absolute atomic E-state index is 0.163. The van der Waals surface area contributed by atoms with E-state index < -0.39 is 10.0 Å². The van der Waals surface area contributed by atoms with Gasteiger partial charge in [0, 0.05) is 44.8 Å². The normalized spacial score (nSPS) is 17.6. The van der Waals surface area contributed by atoms with Crippen LogP contribution < -0.4 is 5.32 Å². The van der Waals surface area contributed by atoms with E-state index in [9.17, 15) is 13.2 Å². The van der Waals surface area contributed by atoms with Crippen molar-refractivity contribution in [1.82, 2.24) is 14.5 Å². The lowest BCUT2D eigenvalue weighted by atomic mass is 10.00. The van der Waals surface area contributed by atoms with Crippen molar-refractivity contribution < 1.29 is 13.2 Å². The lowest BCUT2D eigenvalue weighted by molar-refractivity contribution is 0.0951. The lowest BCUT2D eigenvalue weighted by Crippen LogP contribution is -2.33. The number of benzene rings is 2. The van der Waals surface area contributed by atoms with Crippen LogP contribution >= 0.6 is 0 Å². The van der Waals surface area contributed by atoms with E-state index in [-0.39, 0.29) is 10.8 Å². The summed E-state index contributed by atoms with van der Waals surface area (Å²) in [6.45, 7) is 4.72.